The summed E-state index contributed by atoms with van der Waals surface area (Å²) >= 11 is 0. The highest BCUT2D eigenvalue weighted by molar-refractivity contribution is 5.92. The molecule has 1 aromatic heterocycles. The lowest BCUT2D eigenvalue weighted by Crippen LogP contribution is -2.43. The molecule has 1 aliphatic carbocycles. The summed E-state index contributed by atoms with van der Waals surface area (Å²) in [5.74, 6) is 0.289. The zero-order chi connectivity index (χ0) is 15.4. The molecule has 114 valence electrons. The molecule has 1 aliphatic rings. The van der Waals surface area contributed by atoms with Crippen molar-refractivity contribution in [2.75, 3.05) is 6.61 Å². The number of rotatable bonds is 6. The van der Waals surface area contributed by atoms with Crippen LogP contribution in [0.5, 0.6) is 0 Å². The monoisotopic (exact) mass is 296 g/mol. The van der Waals surface area contributed by atoms with Gasteiger partial charge < -0.3 is 10.0 Å². The van der Waals surface area contributed by atoms with Crippen molar-refractivity contribution in [1.82, 2.24) is 9.88 Å². The minimum atomic E-state index is -0.130. The second-order valence-electron chi connectivity index (χ2n) is 5.72. The number of pyridine rings is 1. The maximum absolute atomic E-state index is 12.8. The Hall–Kier alpha value is -2.20. The van der Waals surface area contributed by atoms with Crippen molar-refractivity contribution in [1.29, 1.82) is 0 Å². The van der Waals surface area contributed by atoms with Crippen molar-refractivity contribution in [2.24, 2.45) is 5.92 Å². The average molecular weight is 296 g/mol. The first-order chi connectivity index (χ1) is 10.8. The van der Waals surface area contributed by atoms with Crippen LogP contribution in [0.15, 0.2) is 54.7 Å². The van der Waals surface area contributed by atoms with Crippen molar-refractivity contribution in [3.05, 3.63) is 66.0 Å². The molecule has 0 radical (unpaired) electrons. The van der Waals surface area contributed by atoms with Crippen molar-refractivity contribution in [3.8, 4) is 0 Å². The van der Waals surface area contributed by atoms with E-state index in [1.54, 1.807) is 23.2 Å². The topological polar surface area (TPSA) is 53.4 Å². The second-order valence-corrected chi connectivity index (χ2v) is 5.72. The Morgan fingerprint density at radius 2 is 1.91 bits per heavy atom. The number of carbonyl (C=O) groups is 1. The number of hydrogen-bond donors (Lipinski definition) is 1. The van der Waals surface area contributed by atoms with Crippen LogP contribution in [-0.2, 0) is 6.54 Å². The van der Waals surface area contributed by atoms with Crippen LogP contribution in [0.3, 0.4) is 0 Å². The molecule has 1 amide bonds. The van der Waals surface area contributed by atoms with Crippen LogP contribution in [0, 0.1) is 5.92 Å². The molecule has 1 aromatic carbocycles. The molecule has 4 heteroatoms. The first kappa shape index (κ1) is 14.7. The highest BCUT2D eigenvalue weighted by Gasteiger charge is 2.37. The molecule has 0 bridgehead atoms. The number of hydrogen-bond acceptors (Lipinski definition) is 3. The standard InChI is InChI=1S/C18H20N2O2/c21-13-17(15-9-10-15)20(12-14-6-2-1-3-7-14)18(22)16-8-4-5-11-19-16/h1-8,11,15,17,21H,9-10,12-13H2. The molecule has 1 saturated carbocycles. The Labute approximate surface area is 130 Å². The highest BCUT2D eigenvalue weighted by Crippen LogP contribution is 2.36. The Balaban J connectivity index is 1.86. The smallest absolute Gasteiger partial charge is 0.273 e. The first-order valence-corrected chi connectivity index (χ1v) is 7.66. The maximum Gasteiger partial charge on any atom is 0.273 e. The van der Waals surface area contributed by atoms with E-state index in [1.165, 1.54) is 0 Å². The van der Waals surface area contributed by atoms with E-state index < -0.39 is 0 Å². The number of nitrogens with zero attached hydrogens (tertiary/aromatic N) is 2. The molecule has 22 heavy (non-hydrogen) atoms. The molecule has 1 atom stereocenters. The number of aliphatic hydroxyl groups excluding tert-OH is 1. The van der Waals surface area contributed by atoms with Crippen molar-refractivity contribution >= 4 is 5.91 Å². The minimum absolute atomic E-state index is 0.00390. The molecule has 1 fully saturated rings. The summed E-state index contributed by atoms with van der Waals surface area (Å²) in [5.41, 5.74) is 1.49. The molecular weight excluding hydrogens is 276 g/mol. The minimum Gasteiger partial charge on any atom is -0.394 e. The average Bonchev–Trinajstić information content (AvgIpc) is 3.41. The highest BCUT2D eigenvalue weighted by atomic mass is 16.3. The molecule has 4 nitrogen and oxygen atoms in total. The lowest BCUT2D eigenvalue weighted by atomic mass is 10.1. The molecule has 2 aromatic rings. The predicted octanol–water partition coefficient (Wildman–Crippen LogP) is 2.49. The molecule has 1 heterocycles. The van der Waals surface area contributed by atoms with Gasteiger partial charge >= 0.3 is 0 Å². The van der Waals surface area contributed by atoms with Gasteiger partial charge in [-0.2, -0.15) is 0 Å². The third-order valence-electron chi connectivity index (χ3n) is 4.09. The van der Waals surface area contributed by atoms with E-state index in [2.05, 4.69) is 4.98 Å². The van der Waals surface area contributed by atoms with Gasteiger partial charge in [-0.15, -0.1) is 0 Å². The molecule has 3 rings (SSSR count). The van der Waals surface area contributed by atoms with Gasteiger partial charge in [-0.25, -0.2) is 0 Å². The summed E-state index contributed by atoms with van der Waals surface area (Å²) < 4.78 is 0. The fraction of sp³-hybridized carbons (Fsp3) is 0.333. The van der Waals surface area contributed by atoms with Gasteiger partial charge in [0, 0.05) is 12.7 Å². The van der Waals surface area contributed by atoms with E-state index in [1.807, 2.05) is 36.4 Å². The molecule has 0 aliphatic heterocycles. The van der Waals surface area contributed by atoms with E-state index in [0.29, 0.717) is 18.2 Å². The molecule has 0 spiro atoms. The lowest BCUT2D eigenvalue weighted by molar-refractivity contribution is 0.0525. The van der Waals surface area contributed by atoms with Crippen molar-refractivity contribution < 1.29 is 9.90 Å². The van der Waals surface area contributed by atoms with Gasteiger partial charge in [0.2, 0.25) is 0 Å². The van der Waals surface area contributed by atoms with Crippen LogP contribution in [0.2, 0.25) is 0 Å². The third kappa shape index (κ3) is 3.34. The normalized spacial score (nSPS) is 15.3. The van der Waals surface area contributed by atoms with Crippen LogP contribution in [0.1, 0.15) is 28.9 Å². The van der Waals surface area contributed by atoms with Gasteiger partial charge in [-0.3, -0.25) is 9.78 Å². The predicted molar refractivity (Wildman–Crippen MR) is 84.2 cm³/mol. The fourth-order valence-corrected chi connectivity index (χ4v) is 2.74. The summed E-state index contributed by atoms with van der Waals surface area (Å²) in [7, 11) is 0. The van der Waals surface area contributed by atoms with E-state index in [0.717, 1.165) is 18.4 Å². The Kier molecular flexibility index (Phi) is 4.49. The summed E-state index contributed by atoms with van der Waals surface area (Å²) in [6, 6.07) is 15.1. The summed E-state index contributed by atoms with van der Waals surface area (Å²) in [5, 5.41) is 9.77. The van der Waals surface area contributed by atoms with Gasteiger partial charge in [-0.05, 0) is 36.5 Å². The van der Waals surface area contributed by atoms with Gasteiger partial charge in [-0.1, -0.05) is 36.4 Å². The number of benzene rings is 1. The molecule has 1 unspecified atom stereocenters. The fourth-order valence-electron chi connectivity index (χ4n) is 2.74. The SMILES string of the molecule is O=C(c1ccccn1)N(Cc1ccccc1)C(CO)C1CC1. The van der Waals surface area contributed by atoms with Crippen LogP contribution in [0.25, 0.3) is 0 Å². The van der Waals surface area contributed by atoms with E-state index in [-0.39, 0.29) is 18.6 Å². The van der Waals surface area contributed by atoms with Crippen molar-refractivity contribution in [3.63, 3.8) is 0 Å². The van der Waals surface area contributed by atoms with Crippen LogP contribution in [-0.4, -0.2) is 33.5 Å². The van der Waals surface area contributed by atoms with Gasteiger partial charge in [0.15, 0.2) is 0 Å². The molecule has 1 N–H and O–H groups in total. The number of aromatic nitrogens is 1. The lowest BCUT2D eigenvalue weighted by Gasteiger charge is -2.30. The molecule has 0 saturated heterocycles. The Morgan fingerprint density at radius 3 is 2.50 bits per heavy atom. The van der Waals surface area contributed by atoms with Crippen LogP contribution >= 0.6 is 0 Å². The summed E-state index contributed by atoms with van der Waals surface area (Å²) in [6.45, 7) is 0.494. The zero-order valence-electron chi connectivity index (χ0n) is 12.4. The summed E-state index contributed by atoms with van der Waals surface area (Å²) in [6.07, 6.45) is 3.77. The first-order valence-electron chi connectivity index (χ1n) is 7.66. The number of carbonyl (C=O) groups excluding carboxylic acids is 1. The van der Waals surface area contributed by atoms with E-state index in [4.69, 9.17) is 0 Å². The molecular formula is C18H20N2O2. The number of aliphatic hydroxyl groups is 1. The van der Waals surface area contributed by atoms with Crippen LogP contribution in [0.4, 0.5) is 0 Å². The Bertz CT molecular complexity index is 611. The van der Waals surface area contributed by atoms with Crippen molar-refractivity contribution in [2.45, 2.75) is 25.4 Å². The van der Waals surface area contributed by atoms with Crippen LogP contribution < -0.4 is 0 Å². The second kappa shape index (κ2) is 6.71. The maximum atomic E-state index is 12.8. The largest absolute Gasteiger partial charge is 0.394 e. The number of amides is 1. The van der Waals surface area contributed by atoms with Gasteiger partial charge in [0.05, 0.1) is 12.6 Å². The van der Waals surface area contributed by atoms with E-state index in [9.17, 15) is 9.90 Å². The quantitative estimate of drug-likeness (QED) is 0.891. The summed E-state index contributed by atoms with van der Waals surface area (Å²) in [4.78, 5) is 18.8. The van der Waals surface area contributed by atoms with Gasteiger partial charge in [0.1, 0.15) is 5.69 Å². The Morgan fingerprint density at radius 1 is 1.18 bits per heavy atom. The van der Waals surface area contributed by atoms with E-state index >= 15 is 0 Å². The zero-order valence-corrected chi connectivity index (χ0v) is 12.4. The third-order valence-corrected chi connectivity index (χ3v) is 4.09. The van der Waals surface area contributed by atoms with Gasteiger partial charge in [0.25, 0.3) is 5.91 Å².